The number of para-hydroxylation sites is 1. The number of imide groups is 1. The van der Waals surface area contributed by atoms with Crippen molar-refractivity contribution in [2.75, 3.05) is 4.90 Å². The lowest BCUT2D eigenvalue weighted by atomic mass is 9.95. The van der Waals surface area contributed by atoms with Crippen molar-refractivity contribution in [1.29, 1.82) is 0 Å². The molecule has 0 bridgehead atoms. The molecular weight excluding hydrogens is 246 g/mol. The van der Waals surface area contributed by atoms with Gasteiger partial charge < -0.3 is 5.11 Å². The lowest BCUT2D eigenvalue weighted by molar-refractivity contribution is -0.130. The van der Waals surface area contributed by atoms with Crippen LogP contribution in [0, 0.1) is 12.8 Å². The van der Waals surface area contributed by atoms with E-state index in [-0.39, 0.29) is 41.8 Å². The molecule has 0 radical (unpaired) electrons. The van der Waals surface area contributed by atoms with Crippen LogP contribution in [0.2, 0.25) is 0 Å². The molecule has 100 valence electrons. The second-order valence-corrected chi connectivity index (χ2v) is 4.91. The molecule has 1 aromatic rings. The molecular formula is C14H15NO4. The van der Waals surface area contributed by atoms with Gasteiger partial charge in [0.15, 0.2) is 0 Å². The quantitative estimate of drug-likeness (QED) is 0.826. The predicted octanol–water partition coefficient (Wildman–Crippen LogP) is 1.98. The maximum atomic E-state index is 12.1. The molecule has 0 spiro atoms. The smallest absolute Gasteiger partial charge is 0.337 e. The van der Waals surface area contributed by atoms with E-state index in [4.69, 9.17) is 0 Å². The third kappa shape index (κ3) is 2.36. The Hall–Kier alpha value is -2.17. The summed E-state index contributed by atoms with van der Waals surface area (Å²) in [4.78, 5) is 36.4. The number of hydrogen-bond donors (Lipinski definition) is 1. The number of carboxylic acid groups (broad SMARTS) is 1. The average molecular weight is 261 g/mol. The molecule has 1 fully saturated rings. The van der Waals surface area contributed by atoms with E-state index in [1.165, 1.54) is 6.07 Å². The number of carboxylic acids is 1. The van der Waals surface area contributed by atoms with Gasteiger partial charge in [-0.15, -0.1) is 0 Å². The molecule has 5 nitrogen and oxygen atoms in total. The summed E-state index contributed by atoms with van der Waals surface area (Å²) in [5.74, 6) is -1.80. The van der Waals surface area contributed by atoms with Crippen LogP contribution in [0.5, 0.6) is 0 Å². The highest BCUT2D eigenvalue weighted by atomic mass is 16.4. The van der Waals surface area contributed by atoms with Gasteiger partial charge in [0.05, 0.1) is 11.3 Å². The molecule has 0 unspecified atom stereocenters. The van der Waals surface area contributed by atoms with Crippen molar-refractivity contribution in [1.82, 2.24) is 0 Å². The topological polar surface area (TPSA) is 74.7 Å². The van der Waals surface area contributed by atoms with Gasteiger partial charge in [0.2, 0.25) is 11.8 Å². The zero-order chi connectivity index (χ0) is 14.2. The number of amides is 2. The van der Waals surface area contributed by atoms with E-state index in [0.717, 1.165) is 4.90 Å². The molecule has 0 aliphatic carbocycles. The van der Waals surface area contributed by atoms with Crippen molar-refractivity contribution < 1.29 is 19.5 Å². The van der Waals surface area contributed by atoms with Crippen molar-refractivity contribution in [3.8, 4) is 0 Å². The highest BCUT2D eigenvalue weighted by Gasteiger charge is 2.34. The molecule has 0 aromatic heterocycles. The number of piperidine rings is 1. The molecule has 1 aromatic carbocycles. The first-order chi connectivity index (χ1) is 8.91. The number of anilines is 1. The Morgan fingerprint density at radius 1 is 1.26 bits per heavy atom. The van der Waals surface area contributed by atoms with Crippen molar-refractivity contribution in [3.63, 3.8) is 0 Å². The number of carbonyl (C=O) groups excluding carboxylic acids is 2. The fourth-order valence-corrected chi connectivity index (χ4v) is 2.37. The molecule has 0 atom stereocenters. The number of aryl methyl sites for hydroxylation is 1. The molecule has 2 rings (SSSR count). The summed E-state index contributed by atoms with van der Waals surface area (Å²) in [6.45, 7) is 3.53. The molecule has 19 heavy (non-hydrogen) atoms. The summed E-state index contributed by atoms with van der Waals surface area (Å²) in [5, 5.41) is 9.20. The van der Waals surface area contributed by atoms with Gasteiger partial charge in [0.25, 0.3) is 0 Å². The number of carbonyl (C=O) groups is 3. The molecule has 1 aliphatic heterocycles. The number of aromatic carboxylic acids is 1. The summed E-state index contributed by atoms with van der Waals surface area (Å²) >= 11 is 0. The van der Waals surface area contributed by atoms with Crippen LogP contribution in [0.1, 0.15) is 35.7 Å². The van der Waals surface area contributed by atoms with Crippen molar-refractivity contribution in [2.45, 2.75) is 26.7 Å². The summed E-state index contributed by atoms with van der Waals surface area (Å²) in [7, 11) is 0. The van der Waals surface area contributed by atoms with E-state index in [1.807, 2.05) is 6.92 Å². The number of benzene rings is 1. The van der Waals surface area contributed by atoms with Crippen LogP contribution < -0.4 is 4.90 Å². The SMILES string of the molecule is Cc1cccc(C(=O)O)c1N1C(=O)CC(C)CC1=O. The maximum Gasteiger partial charge on any atom is 0.337 e. The monoisotopic (exact) mass is 261 g/mol. The lowest BCUT2D eigenvalue weighted by Gasteiger charge is -2.30. The van der Waals surface area contributed by atoms with Gasteiger partial charge in [-0.2, -0.15) is 0 Å². The van der Waals surface area contributed by atoms with E-state index >= 15 is 0 Å². The van der Waals surface area contributed by atoms with Gasteiger partial charge in [-0.1, -0.05) is 19.1 Å². The van der Waals surface area contributed by atoms with E-state index in [1.54, 1.807) is 19.1 Å². The molecule has 2 amide bonds. The van der Waals surface area contributed by atoms with Crippen molar-refractivity contribution in [3.05, 3.63) is 29.3 Å². The summed E-state index contributed by atoms with van der Waals surface area (Å²) in [6, 6.07) is 4.70. The largest absolute Gasteiger partial charge is 0.478 e. The minimum absolute atomic E-state index is 0.00791. The van der Waals surface area contributed by atoms with E-state index in [2.05, 4.69) is 0 Å². The first-order valence-electron chi connectivity index (χ1n) is 6.10. The van der Waals surface area contributed by atoms with Gasteiger partial charge in [0, 0.05) is 12.8 Å². The second-order valence-electron chi connectivity index (χ2n) is 4.91. The Kier molecular flexibility index (Phi) is 3.38. The van der Waals surface area contributed by atoms with Gasteiger partial charge in [-0.3, -0.25) is 9.59 Å². The Bertz CT molecular complexity index is 547. The zero-order valence-electron chi connectivity index (χ0n) is 10.8. The van der Waals surface area contributed by atoms with Gasteiger partial charge in [0.1, 0.15) is 0 Å². The Labute approximate surface area is 110 Å². The molecule has 1 N–H and O–H groups in total. The maximum absolute atomic E-state index is 12.1. The van der Waals surface area contributed by atoms with Crippen LogP contribution in [0.15, 0.2) is 18.2 Å². The summed E-state index contributed by atoms with van der Waals surface area (Å²) in [6.07, 6.45) is 0.526. The van der Waals surface area contributed by atoms with Crippen LogP contribution in [-0.2, 0) is 9.59 Å². The minimum atomic E-state index is -1.14. The fourth-order valence-electron chi connectivity index (χ4n) is 2.37. The van der Waals surface area contributed by atoms with Gasteiger partial charge in [-0.25, -0.2) is 9.69 Å². The number of hydrogen-bond acceptors (Lipinski definition) is 3. The van der Waals surface area contributed by atoms with Crippen molar-refractivity contribution in [2.24, 2.45) is 5.92 Å². The summed E-state index contributed by atoms with van der Waals surface area (Å²) < 4.78 is 0. The molecule has 5 heteroatoms. The van der Waals surface area contributed by atoms with Crippen LogP contribution in [0.4, 0.5) is 5.69 Å². The fraction of sp³-hybridized carbons (Fsp3) is 0.357. The Morgan fingerprint density at radius 3 is 2.37 bits per heavy atom. The minimum Gasteiger partial charge on any atom is -0.478 e. The van der Waals surface area contributed by atoms with Gasteiger partial charge in [-0.05, 0) is 24.5 Å². The third-order valence-electron chi connectivity index (χ3n) is 3.24. The Morgan fingerprint density at radius 2 is 1.84 bits per heavy atom. The highest BCUT2D eigenvalue weighted by Crippen LogP contribution is 2.30. The lowest BCUT2D eigenvalue weighted by Crippen LogP contribution is -2.44. The summed E-state index contributed by atoms with van der Waals surface area (Å²) in [5.41, 5.74) is 0.796. The first-order valence-corrected chi connectivity index (χ1v) is 6.10. The first kappa shape index (κ1) is 13.3. The van der Waals surface area contributed by atoms with E-state index in [0.29, 0.717) is 5.56 Å². The van der Waals surface area contributed by atoms with Crippen molar-refractivity contribution >= 4 is 23.5 Å². The molecule has 1 aliphatic rings. The molecule has 1 heterocycles. The van der Waals surface area contributed by atoms with E-state index in [9.17, 15) is 19.5 Å². The zero-order valence-corrected chi connectivity index (χ0v) is 10.8. The Balaban J connectivity index is 2.55. The van der Waals surface area contributed by atoms with Crippen LogP contribution in [0.25, 0.3) is 0 Å². The van der Waals surface area contributed by atoms with Crippen LogP contribution >= 0.6 is 0 Å². The second kappa shape index (κ2) is 4.84. The predicted molar refractivity (Wildman–Crippen MR) is 69.0 cm³/mol. The number of rotatable bonds is 2. The normalized spacial score (nSPS) is 16.8. The highest BCUT2D eigenvalue weighted by molar-refractivity contribution is 6.19. The standard InChI is InChI=1S/C14H15NO4/c1-8-6-11(16)15(12(17)7-8)13-9(2)4-3-5-10(13)14(18)19/h3-5,8H,6-7H2,1-2H3,(H,18,19). The molecule has 1 saturated heterocycles. The van der Waals surface area contributed by atoms with Crippen LogP contribution in [0.3, 0.4) is 0 Å². The number of nitrogens with zero attached hydrogens (tertiary/aromatic N) is 1. The third-order valence-corrected chi connectivity index (χ3v) is 3.24. The van der Waals surface area contributed by atoms with Gasteiger partial charge >= 0.3 is 5.97 Å². The average Bonchev–Trinajstić information content (AvgIpc) is 2.29. The van der Waals surface area contributed by atoms with E-state index < -0.39 is 5.97 Å². The molecule has 0 saturated carbocycles. The van der Waals surface area contributed by atoms with Crippen LogP contribution in [-0.4, -0.2) is 22.9 Å².